The van der Waals surface area contributed by atoms with Gasteiger partial charge in [0.05, 0.1) is 10.9 Å². The zero-order chi connectivity index (χ0) is 17.1. The zero-order valence-electron chi connectivity index (χ0n) is 13.7. The van der Waals surface area contributed by atoms with Crippen molar-refractivity contribution in [3.05, 3.63) is 64.2 Å². The van der Waals surface area contributed by atoms with Crippen LogP contribution in [0.25, 0.3) is 0 Å². The molecule has 0 radical (unpaired) electrons. The summed E-state index contributed by atoms with van der Waals surface area (Å²) in [6, 6.07) is 14.0. The van der Waals surface area contributed by atoms with Gasteiger partial charge in [-0.2, -0.15) is 0 Å². The van der Waals surface area contributed by atoms with Gasteiger partial charge in [0, 0.05) is 5.02 Å². The smallest absolute Gasteiger partial charge is 0.239 e. The van der Waals surface area contributed by atoms with Crippen molar-refractivity contribution >= 4 is 40.1 Å². The van der Waals surface area contributed by atoms with Crippen LogP contribution in [0.3, 0.4) is 0 Å². The van der Waals surface area contributed by atoms with E-state index in [9.17, 15) is 4.79 Å². The van der Waals surface area contributed by atoms with Crippen LogP contribution in [0.4, 0.5) is 5.69 Å². The Kier molecular flexibility index (Phi) is 5.27. The molecule has 3 nitrogen and oxygen atoms in total. The van der Waals surface area contributed by atoms with Crippen molar-refractivity contribution in [1.29, 1.82) is 0 Å². The average molecular weight is 359 g/mol. The van der Waals surface area contributed by atoms with E-state index in [1.54, 1.807) is 0 Å². The number of nitrogens with zero attached hydrogens (tertiary/aromatic N) is 1. The Balaban J connectivity index is 1.70. The number of carbonyl (C=O) groups excluding carboxylic acids is 1. The minimum Gasteiger partial charge on any atom is -0.304 e. The topological polar surface area (TPSA) is 41.5 Å². The molecule has 1 amide bonds. The standard InChI is InChI=1S/C19H19ClN2OS/c1-3-13-6-8-15(9-7-13)21-19-22-18(23)17(24-19)11-14-5-4-12(2)16(20)10-14/h4-10,17H,3,11H2,1-2H3,(H,21,22,23)/t17-/m1/s1. The molecule has 124 valence electrons. The van der Waals surface area contributed by atoms with Crippen LogP contribution in [0.15, 0.2) is 47.5 Å². The summed E-state index contributed by atoms with van der Waals surface area (Å²) in [6.07, 6.45) is 1.65. The second-order valence-electron chi connectivity index (χ2n) is 5.82. The molecule has 24 heavy (non-hydrogen) atoms. The summed E-state index contributed by atoms with van der Waals surface area (Å²) in [5.41, 5.74) is 4.23. The van der Waals surface area contributed by atoms with Crippen molar-refractivity contribution in [2.75, 3.05) is 0 Å². The van der Waals surface area contributed by atoms with Gasteiger partial charge in [0.2, 0.25) is 5.91 Å². The van der Waals surface area contributed by atoms with Gasteiger partial charge in [-0.3, -0.25) is 4.79 Å². The molecule has 3 rings (SSSR count). The summed E-state index contributed by atoms with van der Waals surface area (Å²) in [4.78, 5) is 16.7. The minimum absolute atomic E-state index is 0.000579. The third-order valence-corrected chi connectivity index (χ3v) is 5.50. The Morgan fingerprint density at radius 2 is 1.88 bits per heavy atom. The number of rotatable bonds is 4. The summed E-state index contributed by atoms with van der Waals surface area (Å²) < 4.78 is 0. The third-order valence-electron chi connectivity index (χ3n) is 4.01. The number of halogens is 1. The number of carbonyl (C=O) groups is 1. The molecule has 1 fully saturated rings. The zero-order valence-corrected chi connectivity index (χ0v) is 15.2. The van der Waals surface area contributed by atoms with Crippen molar-refractivity contribution in [3.8, 4) is 0 Å². The molecule has 1 heterocycles. The van der Waals surface area contributed by atoms with E-state index >= 15 is 0 Å². The van der Waals surface area contributed by atoms with Gasteiger partial charge in [-0.05, 0) is 54.7 Å². The van der Waals surface area contributed by atoms with E-state index in [2.05, 4.69) is 29.4 Å². The predicted molar refractivity (Wildman–Crippen MR) is 102 cm³/mol. The fourth-order valence-corrected chi connectivity index (χ4v) is 3.73. The number of hydrogen-bond donors (Lipinski definition) is 1. The largest absolute Gasteiger partial charge is 0.304 e. The van der Waals surface area contributed by atoms with Crippen LogP contribution in [0, 0.1) is 6.92 Å². The molecule has 0 unspecified atom stereocenters. The first kappa shape index (κ1) is 17.1. The van der Waals surface area contributed by atoms with E-state index in [1.165, 1.54) is 17.3 Å². The maximum absolute atomic E-state index is 12.2. The second kappa shape index (κ2) is 7.41. The quantitative estimate of drug-likeness (QED) is 0.862. The highest BCUT2D eigenvalue weighted by Gasteiger charge is 2.30. The van der Waals surface area contributed by atoms with Crippen molar-refractivity contribution in [2.45, 2.75) is 31.9 Å². The van der Waals surface area contributed by atoms with Gasteiger partial charge in [-0.1, -0.05) is 54.6 Å². The van der Waals surface area contributed by atoms with Crippen LogP contribution in [0.1, 0.15) is 23.6 Å². The van der Waals surface area contributed by atoms with Crippen molar-refractivity contribution in [1.82, 2.24) is 5.32 Å². The van der Waals surface area contributed by atoms with Crippen LogP contribution >= 0.6 is 23.4 Å². The number of thioether (sulfide) groups is 1. The number of benzene rings is 2. The normalized spacial score (nSPS) is 18.9. The van der Waals surface area contributed by atoms with Gasteiger partial charge in [0.15, 0.2) is 5.17 Å². The maximum atomic E-state index is 12.2. The Morgan fingerprint density at radius 1 is 1.17 bits per heavy atom. The maximum Gasteiger partial charge on any atom is 0.239 e. The molecule has 1 aliphatic heterocycles. The summed E-state index contributed by atoms with van der Waals surface area (Å²) in [7, 11) is 0. The van der Waals surface area contributed by atoms with E-state index in [0.29, 0.717) is 11.6 Å². The van der Waals surface area contributed by atoms with Crippen molar-refractivity contribution in [2.24, 2.45) is 4.99 Å². The summed E-state index contributed by atoms with van der Waals surface area (Å²) in [6.45, 7) is 4.09. The number of nitrogens with one attached hydrogen (secondary N) is 1. The van der Waals surface area contributed by atoms with Gasteiger partial charge in [-0.15, -0.1) is 0 Å². The highest BCUT2D eigenvalue weighted by atomic mass is 35.5. The Hall–Kier alpha value is -1.78. The number of hydrogen-bond acceptors (Lipinski definition) is 3. The number of amides is 1. The number of aryl methyl sites for hydroxylation is 2. The minimum atomic E-state index is -0.169. The monoisotopic (exact) mass is 358 g/mol. The Morgan fingerprint density at radius 3 is 2.54 bits per heavy atom. The van der Waals surface area contributed by atoms with Crippen molar-refractivity contribution < 1.29 is 4.79 Å². The Labute approximate surface area is 151 Å². The fourth-order valence-electron chi connectivity index (χ4n) is 2.49. The molecule has 2 aromatic rings. The summed E-state index contributed by atoms with van der Waals surface area (Å²) >= 11 is 7.64. The molecule has 0 aromatic heterocycles. The molecule has 5 heteroatoms. The Bertz CT molecular complexity index is 786. The van der Waals surface area contributed by atoms with E-state index < -0.39 is 0 Å². The first-order valence-corrected chi connectivity index (χ1v) is 9.21. The van der Waals surface area contributed by atoms with Gasteiger partial charge in [0.1, 0.15) is 0 Å². The van der Waals surface area contributed by atoms with E-state index in [-0.39, 0.29) is 11.2 Å². The predicted octanol–water partition coefficient (Wildman–Crippen LogP) is 4.67. The fraction of sp³-hybridized carbons (Fsp3) is 0.263. The molecule has 0 spiro atoms. The van der Waals surface area contributed by atoms with Crippen LogP contribution in [0.2, 0.25) is 5.02 Å². The van der Waals surface area contributed by atoms with Gasteiger partial charge in [0.25, 0.3) is 0 Å². The number of amidine groups is 1. The molecule has 1 aliphatic rings. The van der Waals surface area contributed by atoms with Gasteiger partial charge in [-0.25, -0.2) is 4.99 Å². The molecular weight excluding hydrogens is 340 g/mol. The highest BCUT2D eigenvalue weighted by Crippen LogP contribution is 2.27. The molecule has 0 aliphatic carbocycles. The summed E-state index contributed by atoms with van der Waals surface area (Å²) in [5, 5.41) is 4.10. The van der Waals surface area contributed by atoms with Gasteiger partial charge < -0.3 is 5.32 Å². The average Bonchev–Trinajstić information content (AvgIpc) is 2.91. The van der Waals surface area contributed by atoms with E-state index in [0.717, 1.165) is 28.3 Å². The summed E-state index contributed by atoms with van der Waals surface area (Å²) in [5.74, 6) is 0.000579. The second-order valence-corrected chi connectivity index (χ2v) is 7.42. The number of aliphatic imine (C=N–C) groups is 1. The van der Waals surface area contributed by atoms with Crippen LogP contribution in [-0.2, 0) is 17.6 Å². The lowest BCUT2D eigenvalue weighted by molar-refractivity contribution is -0.118. The molecule has 0 saturated carbocycles. The van der Waals surface area contributed by atoms with E-state index in [1.807, 2.05) is 37.3 Å². The van der Waals surface area contributed by atoms with Crippen molar-refractivity contribution in [3.63, 3.8) is 0 Å². The lowest BCUT2D eigenvalue weighted by Gasteiger charge is -2.07. The van der Waals surface area contributed by atoms with Crippen LogP contribution in [-0.4, -0.2) is 16.3 Å². The molecular formula is C19H19ClN2OS. The molecule has 2 aromatic carbocycles. The van der Waals surface area contributed by atoms with Crippen LogP contribution in [0.5, 0.6) is 0 Å². The van der Waals surface area contributed by atoms with Crippen LogP contribution < -0.4 is 5.32 Å². The SMILES string of the molecule is CCc1ccc(N=C2NC(=O)[C@@H](Cc3ccc(C)c(Cl)c3)S2)cc1. The van der Waals surface area contributed by atoms with E-state index in [4.69, 9.17) is 11.6 Å². The van der Waals surface area contributed by atoms with Gasteiger partial charge >= 0.3 is 0 Å². The first-order chi connectivity index (χ1) is 11.5. The highest BCUT2D eigenvalue weighted by molar-refractivity contribution is 8.15. The molecule has 1 atom stereocenters. The lowest BCUT2D eigenvalue weighted by Crippen LogP contribution is -2.25. The first-order valence-electron chi connectivity index (χ1n) is 7.95. The molecule has 1 saturated heterocycles. The molecule has 0 bridgehead atoms. The third kappa shape index (κ3) is 4.00. The molecule has 1 N–H and O–H groups in total. The lowest BCUT2D eigenvalue weighted by atomic mass is 10.1.